The van der Waals surface area contributed by atoms with E-state index in [4.69, 9.17) is 0 Å². The van der Waals surface area contributed by atoms with Crippen molar-refractivity contribution >= 4 is 16.7 Å². The van der Waals surface area contributed by atoms with Gasteiger partial charge in [0, 0.05) is 14.2 Å². The molecule has 0 fully saturated rings. The van der Waals surface area contributed by atoms with E-state index in [1.165, 1.54) is 0 Å². The molecular formula is C10H17N3. The summed E-state index contributed by atoms with van der Waals surface area (Å²) in [6.45, 7) is 4.00. The molecule has 0 saturated heterocycles. The van der Waals surface area contributed by atoms with Crippen molar-refractivity contribution in [2.75, 3.05) is 12.4 Å². The Morgan fingerprint density at radius 2 is 2.15 bits per heavy atom. The Morgan fingerprint density at radius 3 is 2.85 bits per heavy atom. The number of hydrogen-bond acceptors (Lipinski definition) is 2. The van der Waals surface area contributed by atoms with Crippen LogP contribution in [0.4, 0.5) is 5.69 Å². The van der Waals surface area contributed by atoms with Gasteiger partial charge in [-0.3, -0.25) is 0 Å². The molecule has 0 unspecified atom stereocenters. The van der Waals surface area contributed by atoms with E-state index >= 15 is 0 Å². The van der Waals surface area contributed by atoms with Crippen molar-refractivity contribution in [2.45, 2.75) is 13.8 Å². The maximum absolute atomic E-state index is 4.11. The molecule has 0 aliphatic heterocycles. The summed E-state index contributed by atoms with van der Waals surface area (Å²) in [5.41, 5.74) is 3.17. The third-order valence-corrected chi connectivity index (χ3v) is 1.71. The number of rotatable bonds is 1. The van der Waals surface area contributed by atoms with Gasteiger partial charge in [-0.25, -0.2) is 4.98 Å². The van der Waals surface area contributed by atoms with Crippen molar-refractivity contribution in [3.63, 3.8) is 0 Å². The zero-order valence-corrected chi connectivity index (χ0v) is 8.26. The maximum Gasteiger partial charge on any atom is 0.0931 e. The predicted octanol–water partition coefficient (Wildman–Crippen LogP) is 2.88. The number of nitrogens with zero attached hydrogens (tertiary/aromatic N) is 1. The summed E-state index contributed by atoms with van der Waals surface area (Å²) in [4.78, 5) is 7.15. The van der Waals surface area contributed by atoms with Crippen LogP contribution in [0.1, 0.15) is 15.3 Å². The molecule has 1 heterocycles. The van der Waals surface area contributed by atoms with Crippen molar-refractivity contribution in [1.29, 1.82) is 0 Å². The van der Waals surface area contributed by atoms with Gasteiger partial charge < -0.3 is 10.3 Å². The summed E-state index contributed by atoms with van der Waals surface area (Å²) in [6, 6.07) is 6.02. The molecule has 1 aromatic carbocycles. The fraction of sp³-hybridized carbons (Fsp3) is 0.300. The SMILES string of the molecule is CC.CNc1ccc2nc[nH]c2c1.[HH]. The van der Waals surface area contributed by atoms with Crippen LogP contribution in [-0.4, -0.2) is 17.0 Å². The zero-order valence-electron chi connectivity index (χ0n) is 8.26. The Hall–Kier alpha value is -1.51. The average Bonchev–Trinajstić information content (AvgIpc) is 2.67. The van der Waals surface area contributed by atoms with Crippen molar-refractivity contribution in [3.8, 4) is 0 Å². The van der Waals surface area contributed by atoms with E-state index in [1.54, 1.807) is 6.33 Å². The monoisotopic (exact) mass is 179 g/mol. The van der Waals surface area contributed by atoms with Crippen molar-refractivity contribution in [2.24, 2.45) is 0 Å². The number of aromatic nitrogens is 2. The third-order valence-electron chi connectivity index (χ3n) is 1.71. The lowest BCUT2D eigenvalue weighted by Crippen LogP contribution is -1.86. The standard InChI is InChI=1S/C8H9N3.C2H6.H2/c1-9-6-2-3-7-8(4-6)11-5-10-7;1-2;/h2-5,9H,1H3,(H,10,11);1-2H3;1H. The summed E-state index contributed by atoms with van der Waals surface area (Å²) in [7, 11) is 1.90. The summed E-state index contributed by atoms with van der Waals surface area (Å²) in [5.74, 6) is 0. The van der Waals surface area contributed by atoms with Gasteiger partial charge in [0.2, 0.25) is 0 Å². The van der Waals surface area contributed by atoms with Crippen molar-refractivity contribution < 1.29 is 1.43 Å². The number of fused-ring (bicyclic) bond motifs is 1. The zero-order chi connectivity index (χ0) is 9.68. The largest absolute Gasteiger partial charge is 0.388 e. The number of anilines is 1. The normalized spacial score (nSPS) is 9.15. The van der Waals surface area contributed by atoms with E-state index in [0.717, 1.165) is 16.7 Å². The minimum absolute atomic E-state index is 0. The molecule has 0 saturated carbocycles. The van der Waals surface area contributed by atoms with Crippen LogP contribution in [-0.2, 0) is 0 Å². The molecule has 0 aliphatic rings. The highest BCUT2D eigenvalue weighted by atomic mass is 14.9. The highest BCUT2D eigenvalue weighted by molar-refractivity contribution is 5.78. The molecular weight excluding hydrogens is 162 g/mol. The lowest BCUT2D eigenvalue weighted by atomic mass is 10.3. The first-order valence-corrected chi connectivity index (χ1v) is 4.51. The Kier molecular flexibility index (Phi) is 3.31. The Bertz CT molecular complexity index is 370. The van der Waals surface area contributed by atoms with Crippen molar-refractivity contribution in [3.05, 3.63) is 24.5 Å². The predicted molar refractivity (Wildman–Crippen MR) is 59.1 cm³/mol. The van der Waals surface area contributed by atoms with Gasteiger partial charge in [-0.05, 0) is 18.2 Å². The summed E-state index contributed by atoms with van der Waals surface area (Å²) in [5, 5.41) is 3.06. The molecule has 13 heavy (non-hydrogen) atoms. The van der Waals surface area contributed by atoms with E-state index < -0.39 is 0 Å². The van der Waals surface area contributed by atoms with E-state index in [1.807, 2.05) is 39.1 Å². The fourth-order valence-corrected chi connectivity index (χ4v) is 1.09. The van der Waals surface area contributed by atoms with Gasteiger partial charge in [0.1, 0.15) is 0 Å². The molecule has 0 aliphatic carbocycles. The van der Waals surface area contributed by atoms with Gasteiger partial charge in [-0.1, -0.05) is 13.8 Å². The first-order valence-electron chi connectivity index (χ1n) is 4.51. The van der Waals surface area contributed by atoms with E-state index in [-0.39, 0.29) is 1.43 Å². The van der Waals surface area contributed by atoms with E-state index in [0.29, 0.717) is 0 Å². The maximum atomic E-state index is 4.11. The molecule has 72 valence electrons. The first-order chi connectivity index (χ1) is 6.40. The Balaban J connectivity index is 0.000000531. The highest BCUT2D eigenvalue weighted by Crippen LogP contribution is 2.14. The van der Waals surface area contributed by atoms with Crippen LogP contribution in [0.5, 0.6) is 0 Å². The number of H-pyrrole nitrogens is 1. The summed E-state index contributed by atoms with van der Waals surface area (Å²) >= 11 is 0. The van der Waals surface area contributed by atoms with Gasteiger partial charge in [0.05, 0.1) is 17.4 Å². The van der Waals surface area contributed by atoms with Crippen LogP contribution in [0.2, 0.25) is 0 Å². The lowest BCUT2D eigenvalue weighted by Gasteiger charge is -1.97. The topological polar surface area (TPSA) is 40.7 Å². The molecule has 0 radical (unpaired) electrons. The molecule has 0 spiro atoms. The Labute approximate surface area is 79.7 Å². The average molecular weight is 179 g/mol. The van der Waals surface area contributed by atoms with Gasteiger partial charge in [-0.2, -0.15) is 0 Å². The van der Waals surface area contributed by atoms with Crippen LogP contribution >= 0.6 is 0 Å². The number of nitrogens with one attached hydrogen (secondary N) is 2. The molecule has 3 heteroatoms. The van der Waals surface area contributed by atoms with Gasteiger partial charge in [-0.15, -0.1) is 0 Å². The first kappa shape index (κ1) is 9.58. The molecule has 0 amide bonds. The van der Waals surface area contributed by atoms with Gasteiger partial charge >= 0.3 is 0 Å². The van der Waals surface area contributed by atoms with Gasteiger partial charge in [0.15, 0.2) is 0 Å². The van der Waals surface area contributed by atoms with Crippen LogP contribution in [0.25, 0.3) is 11.0 Å². The third kappa shape index (κ3) is 1.99. The summed E-state index contributed by atoms with van der Waals surface area (Å²) in [6.07, 6.45) is 1.70. The molecule has 1 aromatic heterocycles. The second-order valence-corrected chi connectivity index (χ2v) is 2.38. The minimum atomic E-state index is 0. The molecule has 3 nitrogen and oxygen atoms in total. The van der Waals surface area contributed by atoms with E-state index in [9.17, 15) is 0 Å². The quantitative estimate of drug-likeness (QED) is 0.706. The second-order valence-electron chi connectivity index (χ2n) is 2.38. The smallest absolute Gasteiger partial charge is 0.0931 e. The minimum Gasteiger partial charge on any atom is -0.388 e. The molecule has 2 rings (SSSR count). The number of imidazole rings is 1. The fourth-order valence-electron chi connectivity index (χ4n) is 1.09. The molecule has 0 atom stereocenters. The van der Waals surface area contributed by atoms with Gasteiger partial charge in [0.25, 0.3) is 0 Å². The summed E-state index contributed by atoms with van der Waals surface area (Å²) < 4.78 is 0. The van der Waals surface area contributed by atoms with Crippen LogP contribution in [0.15, 0.2) is 24.5 Å². The molecule has 2 N–H and O–H groups in total. The Morgan fingerprint density at radius 1 is 1.38 bits per heavy atom. The highest BCUT2D eigenvalue weighted by Gasteiger charge is 1.94. The molecule has 2 aromatic rings. The lowest BCUT2D eigenvalue weighted by molar-refractivity contribution is 1.34. The number of benzene rings is 1. The number of aromatic amines is 1. The van der Waals surface area contributed by atoms with E-state index in [2.05, 4.69) is 15.3 Å². The molecule has 0 bridgehead atoms. The van der Waals surface area contributed by atoms with Crippen LogP contribution in [0, 0.1) is 0 Å². The van der Waals surface area contributed by atoms with Crippen LogP contribution < -0.4 is 5.32 Å². The second kappa shape index (κ2) is 4.50. The van der Waals surface area contributed by atoms with Crippen LogP contribution in [0.3, 0.4) is 0 Å². The van der Waals surface area contributed by atoms with Crippen molar-refractivity contribution in [1.82, 2.24) is 9.97 Å². The number of hydrogen-bond donors (Lipinski definition) is 2.